The number of ether oxygens (including phenoxy) is 1. The highest BCUT2D eigenvalue weighted by molar-refractivity contribution is 7.16. The number of benzene rings is 1. The molecular weight excluding hydrogens is 408 g/mol. The van der Waals surface area contributed by atoms with Crippen molar-refractivity contribution in [3.63, 3.8) is 0 Å². The summed E-state index contributed by atoms with van der Waals surface area (Å²) in [5.74, 6) is 0.991. The molecule has 0 N–H and O–H groups in total. The average Bonchev–Trinajstić information content (AvgIpc) is 3.35. The van der Waals surface area contributed by atoms with Crippen molar-refractivity contribution >= 4 is 28.5 Å². The molecule has 0 saturated carbocycles. The Hall–Kier alpha value is -3.17. The highest BCUT2D eigenvalue weighted by atomic mass is 32.1. The number of aliphatic imine (C=N–C) groups is 1. The molecule has 0 atom stereocenters. The van der Waals surface area contributed by atoms with Gasteiger partial charge < -0.3 is 9.15 Å². The molecule has 0 unspecified atom stereocenters. The van der Waals surface area contributed by atoms with Gasteiger partial charge in [0.2, 0.25) is 0 Å². The van der Waals surface area contributed by atoms with Crippen LogP contribution in [-0.4, -0.2) is 18.3 Å². The number of esters is 1. The van der Waals surface area contributed by atoms with Crippen molar-refractivity contribution < 1.29 is 13.9 Å². The number of hydrogen-bond donors (Lipinski definition) is 0. The lowest BCUT2D eigenvalue weighted by Gasteiger charge is -2.09. The van der Waals surface area contributed by atoms with Crippen LogP contribution in [0.25, 0.3) is 11.3 Å². The average molecular weight is 433 g/mol. The quantitative estimate of drug-likeness (QED) is 0.346. The van der Waals surface area contributed by atoms with Gasteiger partial charge in [0.05, 0.1) is 23.4 Å². The molecule has 5 nitrogen and oxygen atoms in total. The smallest absolute Gasteiger partial charge is 0.338 e. The zero-order valence-corrected chi connectivity index (χ0v) is 18.7. The zero-order valence-electron chi connectivity index (χ0n) is 17.9. The standard InChI is InChI=1S/C25H24N2O3S/c1-15(2)29-25(28)17-8-10-19(16(3)12-17)22-11-9-18(30-22)14-27-24-21(13-26)20-6-4-5-7-23(20)31-24/h8-12,14-15H,4-7H2,1-3H3. The molecule has 0 saturated heterocycles. The molecule has 0 spiro atoms. The van der Waals surface area contributed by atoms with Crippen molar-refractivity contribution in [2.45, 2.75) is 52.6 Å². The summed E-state index contributed by atoms with van der Waals surface area (Å²) in [5, 5.41) is 10.3. The van der Waals surface area contributed by atoms with Gasteiger partial charge in [-0.2, -0.15) is 5.26 Å². The second kappa shape index (κ2) is 8.91. The predicted octanol–water partition coefficient (Wildman–Crippen LogP) is 6.38. The summed E-state index contributed by atoms with van der Waals surface area (Å²) in [4.78, 5) is 18.0. The topological polar surface area (TPSA) is 75.6 Å². The summed E-state index contributed by atoms with van der Waals surface area (Å²) in [6.07, 6.45) is 5.83. The van der Waals surface area contributed by atoms with E-state index < -0.39 is 0 Å². The van der Waals surface area contributed by atoms with Gasteiger partial charge in [0, 0.05) is 10.4 Å². The molecule has 0 fully saturated rings. The van der Waals surface area contributed by atoms with E-state index in [1.165, 1.54) is 16.9 Å². The Bertz CT molecular complexity index is 1190. The van der Waals surface area contributed by atoms with Crippen molar-refractivity contribution in [1.29, 1.82) is 5.26 Å². The van der Waals surface area contributed by atoms with E-state index in [0.717, 1.165) is 35.4 Å². The lowest BCUT2D eigenvalue weighted by atomic mass is 9.96. The van der Waals surface area contributed by atoms with Gasteiger partial charge in [-0.05, 0) is 81.8 Å². The lowest BCUT2D eigenvalue weighted by molar-refractivity contribution is 0.0378. The summed E-state index contributed by atoms with van der Waals surface area (Å²) in [7, 11) is 0. The highest BCUT2D eigenvalue weighted by Gasteiger charge is 2.20. The fraction of sp³-hybridized carbons (Fsp3) is 0.320. The van der Waals surface area contributed by atoms with Crippen LogP contribution >= 0.6 is 11.3 Å². The van der Waals surface area contributed by atoms with Crippen LogP contribution in [0.3, 0.4) is 0 Å². The van der Waals surface area contributed by atoms with Crippen LogP contribution in [0.15, 0.2) is 39.7 Å². The molecule has 0 aliphatic heterocycles. The predicted molar refractivity (Wildman–Crippen MR) is 122 cm³/mol. The molecule has 158 valence electrons. The van der Waals surface area contributed by atoms with E-state index >= 15 is 0 Å². The van der Waals surface area contributed by atoms with E-state index in [1.807, 2.05) is 45.0 Å². The summed E-state index contributed by atoms with van der Waals surface area (Å²) >= 11 is 1.61. The fourth-order valence-corrected chi connectivity index (χ4v) is 4.98. The second-order valence-electron chi connectivity index (χ2n) is 7.95. The van der Waals surface area contributed by atoms with E-state index in [9.17, 15) is 10.1 Å². The number of nitriles is 1. The van der Waals surface area contributed by atoms with Gasteiger partial charge >= 0.3 is 5.97 Å². The Morgan fingerprint density at radius 2 is 2.06 bits per heavy atom. The van der Waals surface area contributed by atoms with Gasteiger partial charge in [0.15, 0.2) is 0 Å². The molecule has 3 aromatic rings. The number of fused-ring (bicyclic) bond motifs is 1. The van der Waals surface area contributed by atoms with Gasteiger partial charge in [0.1, 0.15) is 22.6 Å². The summed E-state index contributed by atoms with van der Waals surface area (Å²) in [5.41, 5.74) is 4.24. The largest absolute Gasteiger partial charge is 0.459 e. The number of carbonyl (C=O) groups is 1. The highest BCUT2D eigenvalue weighted by Crippen LogP contribution is 2.39. The van der Waals surface area contributed by atoms with Gasteiger partial charge in [-0.3, -0.25) is 0 Å². The maximum Gasteiger partial charge on any atom is 0.338 e. The molecule has 1 aromatic carbocycles. The first-order valence-electron chi connectivity index (χ1n) is 10.5. The molecule has 2 aromatic heterocycles. The van der Waals surface area contributed by atoms with E-state index in [2.05, 4.69) is 11.1 Å². The van der Waals surface area contributed by atoms with E-state index in [1.54, 1.807) is 23.6 Å². The summed E-state index contributed by atoms with van der Waals surface area (Å²) in [6.45, 7) is 5.60. The third-order valence-electron chi connectivity index (χ3n) is 5.27. The monoisotopic (exact) mass is 432 g/mol. The molecule has 0 radical (unpaired) electrons. The minimum absolute atomic E-state index is 0.158. The van der Waals surface area contributed by atoms with Crippen LogP contribution in [0.4, 0.5) is 5.00 Å². The second-order valence-corrected chi connectivity index (χ2v) is 9.03. The first-order valence-corrected chi connectivity index (χ1v) is 11.3. The molecule has 31 heavy (non-hydrogen) atoms. The first kappa shape index (κ1) is 21.1. The lowest BCUT2D eigenvalue weighted by Crippen LogP contribution is -2.11. The SMILES string of the molecule is Cc1cc(C(=O)OC(C)C)ccc1-c1ccc(C=Nc2sc3c(c2C#N)CCCC3)o1. The molecule has 2 heterocycles. The first-order chi connectivity index (χ1) is 15.0. The number of rotatable bonds is 5. The van der Waals surface area contributed by atoms with Gasteiger partial charge in [-0.15, -0.1) is 11.3 Å². The number of aryl methyl sites for hydroxylation is 2. The van der Waals surface area contributed by atoms with Crippen LogP contribution in [0.2, 0.25) is 0 Å². The normalized spacial score (nSPS) is 13.4. The molecule has 1 aliphatic carbocycles. The Morgan fingerprint density at radius 3 is 2.81 bits per heavy atom. The van der Waals surface area contributed by atoms with E-state index in [4.69, 9.17) is 9.15 Å². The Morgan fingerprint density at radius 1 is 1.26 bits per heavy atom. The minimum Gasteiger partial charge on any atom is -0.459 e. The Labute approximate surface area is 186 Å². The molecule has 4 rings (SSSR count). The van der Waals surface area contributed by atoms with Crippen molar-refractivity contribution in [1.82, 2.24) is 0 Å². The minimum atomic E-state index is -0.330. The number of thiophene rings is 1. The molecular formula is C25H24N2O3S. The molecule has 0 bridgehead atoms. The molecule has 0 amide bonds. The molecule has 1 aliphatic rings. The summed E-state index contributed by atoms with van der Waals surface area (Å²) < 4.78 is 11.2. The van der Waals surface area contributed by atoms with Crippen LogP contribution < -0.4 is 0 Å². The van der Waals surface area contributed by atoms with Crippen LogP contribution in [0.5, 0.6) is 0 Å². The number of nitrogens with zero attached hydrogens (tertiary/aromatic N) is 2. The maximum atomic E-state index is 12.1. The molecule has 6 heteroatoms. The van der Waals surface area contributed by atoms with Crippen molar-refractivity contribution in [2.75, 3.05) is 0 Å². The van der Waals surface area contributed by atoms with E-state index in [-0.39, 0.29) is 12.1 Å². The summed E-state index contributed by atoms with van der Waals surface area (Å²) in [6, 6.07) is 11.5. The van der Waals surface area contributed by atoms with Crippen molar-refractivity contribution in [3.8, 4) is 17.4 Å². The number of carbonyl (C=O) groups excluding carboxylic acids is 1. The maximum absolute atomic E-state index is 12.1. The Kier molecular flexibility index (Phi) is 6.06. The number of hydrogen-bond acceptors (Lipinski definition) is 6. The van der Waals surface area contributed by atoms with Crippen LogP contribution in [0, 0.1) is 18.3 Å². The number of furan rings is 1. The zero-order chi connectivity index (χ0) is 22.0. The van der Waals surface area contributed by atoms with Gasteiger partial charge in [0.25, 0.3) is 0 Å². The third-order valence-corrected chi connectivity index (χ3v) is 6.47. The van der Waals surface area contributed by atoms with E-state index in [0.29, 0.717) is 22.6 Å². The van der Waals surface area contributed by atoms with Crippen molar-refractivity contribution in [3.05, 3.63) is 63.2 Å². The van der Waals surface area contributed by atoms with Gasteiger partial charge in [-0.1, -0.05) is 6.07 Å². The fourth-order valence-electron chi connectivity index (χ4n) is 3.80. The van der Waals surface area contributed by atoms with Gasteiger partial charge in [-0.25, -0.2) is 9.79 Å². The van der Waals surface area contributed by atoms with Crippen LogP contribution in [-0.2, 0) is 17.6 Å². The van der Waals surface area contributed by atoms with Crippen molar-refractivity contribution in [2.24, 2.45) is 4.99 Å². The van der Waals surface area contributed by atoms with Crippen LogP contribution in [0.1, 0.15) is 64.4 Å². The Balaban J connectivity index is 1.55. The third kappa shape index (κ3) is 4.47.